The number of benzene rings is 3. The Labute approximate surface area is 152 Å². The summed E-state index contributed by atoms with van der Waals surface area (Å²) in [6.45, 7) is 0.208. The first-order chi connectivity index (χ1) is 12.6. The number of aromatic amines is 1. The molecule has 0 aliphatic rings. The average molecular weight is 362 g/mol. The molecule has 5 heteroatoms. The minimum atomic E-state index is -3.64. The summed E-state index contributed by atoms with van der Waals surface area (Å²) in [4.78, 5) is 3.52. The van der Waals surface area contributed by atoms with Crippen LogP contribution in [0.15, 0.2) is 89.8 Å². The summed E-state index contributed by atoms with van der Waals surface area (Å²) in [6.07, 6.45) is 0. The van der Waals surface area contributed by atoms with Gasteiger partial charge in [0.15, 0.2) is 0 Å². The van der Waals surface area contributed by atoms with Gasteiger partial charge in [-0.15, -0.1) is 0 Å². The summed E-state index contributed by atoms with van der Waals surface area (Å²) in [5.74, 6) is 0. The Morgan fingerprint density at radius 1 is 0.808 bits per heavy atom. The van der Waals surface area contributed by atoms with E-state index in [2.05, 4.69) is 9.71 Å². The lowest BCUT2D eigenvalue weighted by Gasteiger charge is -2.11. The number of para-hydroxylation sites is 1. The van der Waals surface area contributed by atoms with Crippen LogP contribution < -0.4 is 4.72 Å². The number of fused-ring (bicyclic) bond motifs is 1. The zero-order valence-electron chi connectivity index (χ0n) is 14.0. The monoisotopic (exact) mass is 362 g/mol. The zero-order chi connectivity index (χ0) is 18.0. The third kappa shape index (κ3) is 3.27. The average Bonchev–Trinajstić information content (AvgIpc) is 3.10. The molecule has 4 aromatic rings. The molecular weight excluding hydrogens is 344 g/mol. The highest BCUT2D eigenvalue weighted by atomic mass is 32.2. The largest absolute Gasteiger partial charge is 0.357 e. The van der Waals surface area contributed by atoms with Crippen LogP contribution in [0.1, 0.15) is 5.69 Å². The van der Waals surface area contributed by atoms with Crippen molar-refractivity contribution in [3.63, 3.8) is 0 Å². The zero-order valence-corrected chi connectivity index (χ0v) is 14.8. The molecule has 0 atom stereocenters. The normalized spacial score (nSPS) is 11.7. The molecule has 0 saturated heterocycles. The molecule has 0 spiro atoms. The Morgan fingerprint density at radius 2 is 1.50 bits per heavy atom. The highest BCUT2D eigenvalue weighted by Crippen LogP contribution is 2.27. The highest BCUT2D eigenvalue weighted by molar-refractivity contribution is 7.89. The lowest BCUT2D eigenvalue weighted by Crippen LogP contribution is -2.24. The quantitative estimate of drug-likeness (QED) is 0.556. The first-order valence-electron chi connectivity index (χ1n) is 8.34. The highest BCUT2D eigenvalue weighted by Gasteiger charge is 2.19. The van der Waals surface area contributed by atoms with Gasteiger partial charge in [0.1, 0.15) is 0 Å². The van der Waals surface area contributed by atoms with Crippen LogP contribution in [0.2, 0.25) is 0 Å². The number of nitrogens with one attached hydrogen (secondary N) is 2. The van der Waals surface area contributed by atoms with Crippen LogP contribution in [0, 0.1) is 0 Å². The molecule has 0 fully saturated rings. The van der Waals surface area contributed by atoms with Gasteiger partial charge in [-0.05, 0) is 29.1 Å². The van der Waals surface area contributed by atoms with Crippen LogP contribution in [0.25, 0.3) is 22.0 Å². The topological polar surface area (TPSA) is 62.0 Å². The van der Waals surface area contributed by atoms with Crippen LogP contribution in [0.4, 0.5) is 0 Å². The second-order valence-corrected chi connectivity index (χ2v) is 7.80. The van der Waals surface area contributed by atoms with Crippen LogP contribution in [-0.2, 0) is 16.6 Å². The smallest absolute Gasteiger partial charge is 0.241 e. The molecule has 3 aromatic carbocycles. The second-order valence-electron chi connectivity index (χ2n) is 6.07. The van der Waals surface area contributed by atoms with Crippen molar-refractivity contribution in [3.05, 3.63) is 90.6 Å². The molecule has 0 saturated carbocycles. The molecule has 0 radical (unpaired) electrons. The molecule has 4 nitrogen and oxygen atoms in total. The van der Waals surface area contributed by atoms with E-state index in [0.717, 1.165) is 22.2 Å². The summed E-state index contributed by atoms with van der Waals surface area (Å²) in [5.41, 5.74) is 3.38. The van der Waals surface area contributed by atoms with E-state index in [-0.39, 0.29) is 11.4 Å². The standard InChI is InChI=1S/C21H18N2O2S/c24-26(25,22-15-18-14-17-10-4-6-12-20(17)23-18)21-13-7-5-11-19(21)16-8-2-1-3-9-16/h1-14,22-23H,15H2. The van der Waals surface area contributed by atoms with Crippen molar-refractivity contribution in [2.24, 2.45) is 0 Å². The van der Waals surface area contributed by atoms with Crippen molar-refractivity contribution in [1.29, 1.82) is 0 Å². The number of sulfonamides is 1. The minimum Gasteiger partial charge on any atom is -0.357 e. The van der Waals surface area contributed by atoms with E-state index in [4.69, 9.17) is 0 Å². The fourth-order valence-electron chi connectivity index (χ4n) is 3.04. The molecule has 0 unspecified atom stereocenters. The first kappa shape index (κ1) is 16.6. The third-order valence-corrected chi connectivity index (χ3v) is 5.76. The summed E-state index contributed by atoms with van der Waals surface area (Å²) >= 11 is 0. The van der Waals surface area contributed by atoms with Crippen LogP contribution in [0.5, 0.6) is 0 Å². The fraction of sp³-hybridized carbons (Fsp3) is 0.0476. The molecule has 0 bridgehead atoms. The van der Waals surface area contributed by atoms with Gasteiger partial charge in [0.05, 0.1) is 11.4 Å². The molecule has 4 rings (SSSR count). The molecule has 130 valence electrons. The van der Waals surface area contributed by atoms with Crippen molar-refractivity contribution >= 4 is 20.9 Å². The maximum Gasteiger partial charge on any atom is 0.241 e. The van der Waals surface area contributed by atoms with Gasteiger partial charge in [-0.3, -0.25) is 0 Å². The SMILES string of the molecule is O=S(=O)(NCc1cc2ccccc2[nH]1)c1ccccc1-c1ccccc1. The van der Waals surface area contributed by atoms with Gasteiger partial charge in [-0.25, -0.2) is 13.1 Å². The van der Waals surface area contributed by atoms with Gasteiger partial charge in [0.2, 0.25) is 10.0 Å². The van der Waals surface area contributed by atoms with E-state index in [1.165, 1.54) is 0 Å². The summed E-state index contributed by atoms with van der Waals surface area (Å²) < 4.78 is 28.5. The molecule has 2 N–H and O–H groups in total. The van der Waals surface area contributed by atoms with E-state index >= 15 is 0 Å². The maximum atomic E-state index is 12.9. The van der Waals surface area contributed by atoms with Gasteiger partial charge >= 0.3 is 0 Å². The number of rotatable bonds is 5. The Kier molecular flexibility index (Phi) is 4.32. The molecule has 26 heavy (non-hydrogen) atoms. The Hall–Kier alpha value is -2.89. The summed E-state index contributed by atoms with van der Waals surface area (Å²) in [5, 5.41) is 1.06. The van der Waals surface area contributed by atoms with E-state index in [0.29, 0.717) is 5.56 Å². The number of H-pyrrole nitrogens is 1. The van der Waals surface area contributed by atoms with Crippen molar-refractivity contribution in [2.45, 2.75) is 11.4 Å². The maximum absolute atomic E-state index is 12.9. The van der Waals surface area contributed by atoms with Gasteiger partial charge in [-0.1, -0.05) is 66.7 Å². The van der Waals surface area contributed by atoms with E-state index in [9.17, 15) is 8.42 Å². The number of hydrogen-bond acceptors (Lipinski definition) is 2. The fourth-order valence-corrected chi connectivity index (χ4v) is 4.27. The molecule has 1 heterocycles. The van der Waals surface area contributed by atoms with E-state index in [1.54, 1.807) is 12.1 Å². The third-order valence-electron chi connectivity index (χ3n) is 4.30. The predicted molar refractivity (Wildman–Crippen MR) is 104 cm³/mol. The van der Waals surface area contributed by atoms with Crippen molar-refractivity contribution < 1.29 is 8.42 Å². The number of hydrogen-bond donors (Lipinski definition) is 2. The molecular formula is C21H18N2O2S. The minimum absolute atomic E-state index is 0.208. The number of aromatic nitrogens is 1. The van der Waals surface area contributed by atoms with Crippen molar-refractivity contribution in [3.8, 4) is 11.1 Å². The molecule has 0 aliphatic heterocycles. The molecule has 0 amide bonds. The van der Waals surface area contributed by atoms with Gasteiger partial charge in [0.25, 0.3) is 0 Å². The van der Waals surface area contributed by atoms with Crippen LogP contribution in [-0.4, -0.2) is 13.4 Å². The molecule has 0 aliphatic carbocycles. The van der Waals surface area contributed by atoms with Crippen LogP contribution >= 0.6 is 0 Å². The lowest BCUT2D eigenvalue weighted by atomic mass is 10.1. The Bertz CT molecular complexity index is 1120. The van der Waals surface area contributed by atoms with E-state index in [1.807, 2.05) is 72.8 Å². The Morgan fingerprint density at radius 3 is 2.31 bits per heavy atom. The summed E-state index contributed by atoms with van der Waals surface area (Å²) in [6, 6.07) is 26.4. The van der Waals surface area contributed by atoms with Gasteiger partial charge in [-0.2, -0.15) is 0 Å². The lowest BCUT2D eigenvalue weighted by molar-refractivity contribution is 0.581. The first-order valence-corrected chi connectivity index (χ1v) is 9.82. The molecule has 1 aromatic heterocycles. The van der Waals surface area contributed by atoms with E-state index < -0.39 is 10.0 Å². The summed E-state index contributed by atoms with van der Waals surface area (Å²) in [7, 11) is -3.64. The van der Waals surface area contributed by atoms with Crippen molar-refractivity contribution in [1.82, 2.24) is 9.71 Å². The predicted octanol–water partition coefficient (Wildman–Crippen LogP) is 4.31. The van der Waals surface area contributed by atoms with Gasteiger partial charge < -0.3 is 4.98 Å². The van der Waals surface area contributed by atoms with Gasteiger partial charge in [0, 0.05) is 16.8 Å². The van der Waals surface area contributed by atoms with Crippen LogP contribution in [0.3, 0.4) is 0 Å². The second kappa shape index (κ2) is 6.78. The van der Waals surface area contributed by atoms with Crippen molar-refractivity contribution in [2.75, 3.05) is 0 Å². The Balaban J connectivity index is 1.63.